The predicted octanol–water partition coefficient (Wildman–Crippen LogP) is 2.71. The fourth-order valence-electron chi connectivity index (χ4n) is 2.73. The highest BCUT2D eigenvalue weighted by Gasteiger charge is 2.14. The van der Waals surface area contributed by atoms with E-state index in [1.807, 2.05) is 6.20 Å². The van der Waals surface area contributed by atoms with Crippen LogP contribution in [0.2, 0.25) is 0 Å². The molecule has 3 rings (SSSR count). The van der Waals surface area contributed by atoms with E-state index in [4.69, 9.17) is 0 Å². The molecule has 1 unspecified atom stereocenters. The number of aromatic nitrogens is 1. The summed E-state index contributed by atoms with van der Waals surface area (Å²) in [6.07, 6.45) is 5.92. The standard InChI is InChI=1S/C14H18N2/c1-4-12-6-8-16-14(12)13(5-1)9-11-3-2-7-15-10-11/h1,4-6,8,11,15-16H,2-3,7,9-10H2. The van der Waals surface area contributed by atoms with Gasteiger partial charge in [0.2, 0.25) is 0 Å². The monoisotopic (exact) mass is 214 g/mol. The number of hydrogen-bond donors (Lipinski definition) is 2. The Balaban J connectivity index is 1.85. The molecule has 1 aromatic carbocycles. The van der Waals surface area contributed by atoms with Gasteiger partial charge in [0.1, 0.15) is 0 Å². The van der Waals surface area contributed by atoms with Crippen molar-refractivity contribution < 1.29 is 0 Å². The van der Waals surface area contributed by atoms with E-state index in [1.54, 1.807) is 0 Å². The van der Waals surface area contributed by atoms with Crippen LogP contribution in [0.15, 0.2) is 30.5 Å². The van der Waals surface area contributed by atoms with Gasteiger partial charge in [-0.05, 0) is 55.3 Å². The topological polar surface area (TPSA) is 27.8 Å². The molecule has 0 aliphatic carbocycles. The van der Waals surface area contributed by atoms with Crippen molar-refractivity contribution >= 4 is 10.9 Å². The van der Waals surface area contributed by atoms with Crippen molar-refractivity contribution in [1.29, 1.82) is 0 Å². The highest BCUT2D eigenvalue weighted by Crippen LogP contribution is 2.22. The van der Waals surface area contributed by atoms with Crippen LogP contribution >= 0.6 is 0 Å². The van der Waals surface area contributed by atoms with Crippen molar-refractivity contribution in [2.75, 3.05) is 13.1 Å². The summed E-state index contributed by atoms with van der Waals surface area (Å²) in [5.74, 6) is 0.808. The summed E-state index contributed by atoms with van der Waals surface area (Å²) in [6, 6.07) is 8.75. The molecule has 2 heteroatoms. The first-order valence-corrected chi connectivity index (χ1v) is 6.19. The predicted molar refractivity (Wildman–Crippen MR) is 67.6 cm³/mol. The Morgan fingerprint density at radius 3 is 3.12 bits per heavy atom. The molecule has 1 atom stereocenters. The first-order chi connectivity index (χ1) is 7.93. The van der Waals surface area contributed by atoms with Gasteiger partial charge in [-0.3, -0.25) is 0 Å². The zero-order valence-corrected chi connectivity index (χ0v) is 9.50. The third-order valence-corrected chi connectivity index (χ3v) is 3.58. The second-order valence-corrected chi connectivity index (χ2v) is 4.78. The van der Waals surface area contributed by atoms with Gasteiger partial charge in [0.05, 0.1) is 0 Å². The Morgan fingerprint density at radius 2 is 2.25 bits per heavy atom. The van der Waals surface area contributed by atoms with E-state index in [2.05, 4.69) is 34.6 Å². The van der Waals surface area contributed by atoms with Gasteiger partial charge in [0.15, 0.2) is 0 Å². The molecule has 16 heavy (non-hydrogen) atoms. The average Bonchev–Trinajstić information content (AvgIpc) is 2.80. The minimum atomic E-state index is 0.808. The molecule has 1 saturated heterocycles. The Bertz CT molecular complexity index is 466. The van der Waals surface area contributed by atoms with E-state index in [0.717, 1.165) is 5.92 Å². The molecule has 0 bridgehead atoms. The van der Waals surface area contributed by atoms with Crippen LogP contribution in [0.5, 0.6) is 0 Å². The Kier molecular flexibility index (Phi) is 2.66. The van der Waals surface area contributed by atoms with Gasteiger partial charge in [0.25, 0.3) is 0 Å². The van der Waals surface area contributed by atoms with E-state index >= 15 is 0 Å². The molecule has 2 heterocycles. The maximum absolute atomic E-state index is 3.49. The molecule has 2 nitrogen and oxygen atoms in total. The van der Waals surface area contributed by atoms with Crippen LogP contribution in [0.3, 0.4) is 0 Å². The van der Waals surface area contributed by atoms with Gasteiger partial charge in [-0.15, -0.1) is 0 Å². The maximum Gasteiger partial charge on any atom is 0.0486 e. The van der Waals surface area contributed by atoms with E-state index in [-0.39, 0.29) is 0 Å². The van der Waals surface area contributed by atoms with Crippen LogP contribution in [-0.4, -0.2) is 18.1 Å². The molecular formula is C14H18N2. The number of H-pyrrole nitrogens is 1. The summed E-state index contributed by atoms with van der Waals surface area (Å²) in [5, 5.41) is 4.82. The van der Waals surface area contributed by atoms with Gasteiger partial charge in [-0.1, -0.05) is 18.2 Å². The number of rotatable bonds is 2. The Labute approximate surface area is 96.1 Å². The molecule has 1 aliphatic rings. The summed E-state index contributed by atoms with van der Waals surface area (Å²) in [7, 11) is 0. The minimum absolute atomic E-state index is 0.808. The van der Waals surface area contributed by atoms with Gasteiger partial charge >= 0.3 is 0 Å². The molecule has 84 valence electrons. The van der Waals surface area contributed by atoms with E-state index in [1.165, 1.54) is 48.8 Å². The first-order valence-electron chi connectivity index (χ1n) is 6.19. The molecule has 1 aliphatic heterocycles. The Hall–Kier alpha value is -1.28. The Morgan fingerprint density at radius 1 is 1.25 bits per heavy atom. The minimum Gasteiger partial charge on any atom is -0.361 e. The summed E-state index contributed by atoms with van der Waals surface area (Å²) in [4.78, 5) is 3.36. The van der Waals surface area contributed by atoms with Gasteiger partial charge in [-0.2, -0.15) is 0 Å². The van der Waals surface area contributed by atoms with Crippen molar-refractivity contribution in [2.45, 2.75) is 19.3 Å². The number of fused-ring (bicyclic) bond motifs is 1. The van der Waals surface area contributed by atoms with Crippen LogP contribution in [0.25, 0.3) is 10.9 Å². The van der Waals surface area contributed by atoms with Gasteiger partial charge < -0.3 is 10.3 Å². The molecule has 2 N–H and O–H groups in total. The first kappa shape index (κ1) is 9.91. The average molecular weight is 214 g/mol. The third kappa shape index (κ3) is 1.85. The van der Waals surface area contributed by atoms with Crippen LogP contribution in [-0.2, 0) is 6.42 Å². The second-order valence-electron chi connectivity index (χ2n) is 4.78. The molecule has 0 radical (unpaired) electrons. The highest BCUT2D eigenvalue weighted by molar-refractivity contribution is 5.82. The number of hydrogen-bond acceptors (Lipinski definition) is 1. The van der Waals surface area contributed by atoms with E-state index in [0.29, 0.717) is 0 Å². The molecular weight excluding hydrogens is 196 g/mol. The largest absolute Gasteiger partial charge is 0.361 e. The third-order valence-electron chi connectivity index (χ3n) is 3.58. The van der Waals surface area contributed by atoms with Crippen molar-refractivity contribution in [1.82, 2.24) is 10.3 Å². The number of piperidine rings is 1. The lowest BCUT2D eigenvalue weighted by molar-refractivity contribution is 0.376. The van der Waals surface area contributed by atoms with E-state index in [9.17, 15) is 0 Å². The summed E-state index contributed by atoms with van der Waals surface area (Å²) >= 11 is 0. The number of nitrogens with one attached hydrogen (secondary N) is 2. The van der Waals surface area contributed by atoms with Gasteiger partial charge in [0, 0.05) is 11.7 Å². The number of aromatic amines is 1. The molecule has 1 fully saturated rings. The highest BCUT2D eigenvalue weighted by atomic mass is 14.9. The molecule has 0 saturated carbocycles. The van der Waals surface area contributed by atoms with Crippen LogP contribution in [0, 0.1) is 5.92 Å². The van der Waals surface area contributed by atoms with Crippen molar-refractivity contribution in [3.8, 4) is 0 Å². The van der Waals surface area contributed by atoms with E-state index < -0.39 is 0 Å². The second kappa shape index (κ2) is 4.30. The van der Waals surface area contributed by atoms with Crippen LogP contribution < -0.4 is 5.32 Å². The van der Waals surface area contributed by atoms with Crippen molar-refractivity contribution in [2.24, 2.45) is 5.92 Å². The van der Waals surface area contributed by atoms with Gasteiger partial charge in [-0.25, -0.2) is 0 Å². The zero-order valence-electron chi connectivity index (χ0n) is 9.50. The molecule has 2 aromatic rings. The normalized spacial score (nSPS) is 21.4. The fourth-order valence-corrected chi connectivity index (χ4v) is 2.73. The molecule has 0 spiro atoms. The quantitative estimate of drug-likeness (QED) is 0.790. The SMILES string of the molecule is c1cc(CC2CCCNC2)c2[nH]ccc2c1. The zero-order chi connectivity index (χ0) is 10.8. The lowest BCUT2D eigenvalue weighted by Crippen LogP contribution is -2.30. The van der Waals surface area contributed by atoms with Crippen molar-refractivity contribution in [3.63, 3.8) is 0 Å². The van der Waals surface area contributed by atoms with Crippen LogP contribution in [0.1, 0.15) is 18.4 Å². The maximum atomic E-state index is 3.49. The summed E-state index contributed by atoms with van der Waals surface area (Å²) in [6.45, 7) is 2.38. The molecule has 0 amide bonds. The van der Waals surface area contributed by atoms with Crippen molar-refractivity contribution in [3.05, 3.63) is 36.0 Å². The number of benzene rings is 1. The lowest BCUT2D eigenvalue weighted by Gasteiger charge is -2.22. The molecule has 1 aromatic heterocycles. The fraction of sp³-hybridized carbons (Fsp3) is 0.429. The summed E-state index contributed by atoms with van der Waals surface area (Å²) in [5.41, 5.74) is 2.80. The number of para-hydroxylation sites is 1. The summed E-state index contributed by atoms with van der Waals surface area (Å²) < 4.78 is 0. The lowest BCUT2D eigenvalue weighted by atomic mass is 9.91. The van der Waals surface area contributed by atoms with Crippen LogP contribution in [0.4, 0.5) is 0 Å². The smallest absolute Gasteiger partial charge is 0.0486 e.